The molecule has 0 radical (unpaired) electrons. The average Bonchev–Trinajstić information content (AvgIpc) is 3.17. The van der Waals surface area contributed by atoms with Crippen LogP contribution >= 0.6 is 0 Å². The number of H-pyrrole nitrogens is 1. The van der Waals surface area contributed by atoms with Crippen molar-refractivity contribution in [3.8, 4) is 17.0 Å². The lowest BCUT2D eigenvalue weighted by Crippen LogP contribution is -2.14. The van der Waals surface area contributed by atoms with Gasteiger partial charge < -0.3 is 9.72 Å². The smallest absolute Gasteiger partial charge is 0.185 e. The number of methoxy groups -OCH3 is 1. The third-order valence-corrected chi connectivity index (χ3v) is 7.87. The summed E-state index contributed by atoms with van der Waals surface area (Å²) in [4.78, 5) is 3.85. The number of hydrogen-bond donors (Lipinski definition) is 1. The van der Waals surface area contributed by atoms with Gasteiger partial charge in [-0.15, -0.1) is 0 Å². The van der Waals surface area contributed by atoms with E-state index in [0.717, 1.165) is 45.5 Å². The Morgan fingerprint density at radius 1 is 0.935 bits per heavy atom. The Morgan fingerprint density at radius 3 is 2.26 bits per heavy atom. The topological polar surface area (TPSA) is 59.2 Å². The third-order valence-electron chi connectivity index (χ3n) is 5.72. The van der Waals surface area contributed by atoms with Crippen molar-refractivity contribution in [2.75, 3.05) is 7.11 Å². The summed E-state index contributed by atoms with van der Waals surface area (Å²) in [5.41, 5.74) is 4.59. The average molecular weight is 434 g/mol. The number of rotatable bonds is 7. The second-order valence-electron chi connectivity index (χ2n) is 7.82. The second kappa shape index (κ2) is 8.60. The van der Waals surface area contributed by atoms with Gasteiger partial charge in [-0.3, -0.25) is 0 Å². The van der Waals surface area contributed by atoms with Crippen molar-refractivity contribution in [3.63, 3.8) is 0 Å². The number of aromatic amines is 1. The largest absolute Gasteiger partial charge is 0.497 e. The van der Waals surface area contributed by atoms with Gasteiger partial charge in [-0.05, 0) is 61.4 Å². The number of hydrogen-bond acceptors (Lipinski definition) is 3. The highest BCUT2D eigenvalue weighted by atomic mass is 32.2. The molecule has 0 saturated carbocycles. The fraction of sp³-hybridized carbons (Fsp3) is 0.231. The molecule has 31 heavy (non-hydrogen) atoms. The normalized spacial score (nSPS) is 12.7. The van der Waals surface area contributed by atoms with Crippen molar-refractivity contribution in [3.05, 3.63) is 83.9 Å². The van der Waals surface area contributed by atoms with Crippen LogP contribution in [0.5, 0.6) is 5.75 Å². The first kappa shape index (κ1) is 21.2. The summed E-state index contributed by atoms with van der Waals surface area (Å²) in [5.74, 6) is 0.763. The molecule has 1 aromatic heterocycles. The summed E-state index contributed by atoms with van der Waals surface area (Å²) < 4.78 is 32.9. The lowest BCUT2D eigenvalue weighted by atomic mass is 10.00. The fourth-order valence-corrected chi connectivity index (χ4v) is 6.04. The summed E-state index contributed by atoms with van der Waals surface area (Å²) in [7, 11) is -1.95. The molecule has 3 aromatic carbocycles. The Bertz CT molecular complexity index is 1290. The zero-order valence-electron chi connectivity index (χ0n) is 18.1. The molecular formula is C26H27NO3S. The molecule has 0 aliphatic heterocycles. The van der Waals surface area contributed by atoms with Gasteiger partial charge >= 0.3 is 0 Å². The van der Waals surface area contributed by atoms with Gasteiger partial charge in [0, 0.05) is 16.5 Å². The first-order chi connectivity index (χ1) is 15.0. The predicted molar refractivity (Wildman–Crippen MR) is 126 cm³/mol. The van der Waals surface area contributed by atoms with E-state index in [1.807, 2.05) is 74.5 Å². The van der Waals surface area contributed by atoms with Gasteiger partial charge in [0.25, 0.3) is 0 Å². The van der Waals surface area contributed by atoms with Gasteiger partial charge in [0.1, 0.15) is 5.75 Å². The molecule has 0 spiro atoms. The highest BCUT2D eigenvalue weighted by Gasteiger charge is 2.33. The number of nitrogens with one attached hydrogen (secondary N) is 1. The molecule has 4 rings (SSSR count). The van der Waals surface area contributed by atoms with E-state index in [1.165, 1.54) is 0 Å². The molecule has 0 amide bonds. The fourth-order valence-electron chi connectivity index (χ4n) is 4.09. The lowest BCUT2D eigenvalue weighted by molar-refractivity contribution is 0.415. The molecule has 0 aliphatic rings. The Hall–Kier alpha value is -3.05. The van der Waals surface area contributed by atoms with Crippen LogP contribution in [0.3, 0.4) is 0 Å². The Kier molecular flexibility index (Phi) is 5.88. The van der Waals surface area contributed by atoms with Crippen molar-refractivity contribution < 1.29 is 13.2 Å². The van der Waals surface area contributed by atoms with E-state index in [2.05, 4.69) is 4.98 Å². The molecule has 1 N–H and O–H groups in total. The van der Waals surface area contributed by atoms with Crippen LogP contribution in [0.25, 0.3) is 22.2 Å². The maximum atomic E-state index is 13.8. The minimum atomic E-state index is -3.58. The molecule has 0 bridgehead atoms. The number of benzene rings is 3. The summed E-state index contributed by atoms with van der Waals surface area (Å²) in [6.07, 6.45) is 1.30. The van der Waals surface area contributed by atoms with Crippen LogP contribution in [-0.4, -0.2) is 20.5 Å². The van der Waals surface area contributed by atoms with Crippen LogP contribution < -0.4 is 4.74 Å². The van der Waals surface area contributed by atoms with Crippen molar-refractivity contribution >= 4 is 20.7 Å². The minimum Gasteiger partial charge on any atom is -0.497 e. The maximum Gasteiger partial charge on any atom is 0.185 e. The van der Waals surface area contributed by atoms with Gasteiger partial charge in [0.2, 0.25) is 0 Å². The van der Waals surface area contributed by atoms with E-state index < -0.39 is 15.1 Å². The summed E-state index contributed by atoms with van der Waals surface area (Å²) in [6.45, 7) is 3.99. The monoisotopic (exact) mass is 433 g/mol. The van der Waals surface area contributed by atoms with Crippen LogP contribution in [0.1, 0.15) is 36.1 Å². The molecule has 0 aliphatic carbocycles. The van der Waals surface area contributed by atoms with Gasteiger partial charge in [0.05, 0.1) is 22.9 Å². The molecule has 1 unspecified atom stereocenters. The molecule has 160 valence electrons. The maximum absolute atomic E-state index is 13.8. The van der Waals surface area contributed by atoms with Crippen LogP contribution in [0.15, 0.2) is 77.7 Å². The van der Waals surface area contributed by atoms with Crippen LogP contribution in [-0.2, 0) is 9.84 Å². The molecule has 5 heteroatoms. The molecular weight excluding hydrogens is 406 g/mol. The highest BCUT2D eigenvalue weighted by molar-refractivity contribution is 7.91. The van der Waals surface area contributed by atoms with Crippen LogP contribution in [0.4, 0.5) is 0 Å². The molecule has 1 heterocycles. The van der Waals surface area contributed by atoms with Gasteiger partial charge in [-0.25, -0.2) is 8.42 Å². The van der Waals surface area contributed by atoms with Gasteiger partial charge in [-0.2, -0.15) is 0 Å². The summed E-state index contributed by atoms with van der Waals surface area (Å²) in [6, 6.07) is 22.8. The Morgan fingerprint density at radius 2 is 1.61 bits per heavy atom. The number of ether oxygens (including phenoxy) is 1. The Balaban J connectivity index is 1.95. The van der Waals surface area contributed by atoms with E-state index in [9.17, 15) is 8.42 Å². The van der Waals surface area contributed by atoms with Crippen molar-refractivity contribution in [1.82, 2.24) is 4.98 Å². The molecule has 4 nitrogen and oxygen atoms in total. The summed E-state index contributed by atoms with van der Waals surface area (Å²) >= 11 is 0. The third kappa shape index (κ3) is 3.98. The Labute approximate surface area is 183 Å². The number of para-hydroxylation sites is 1. The lowest BCUT2D eigenvalue weighted by Gasteiger charge is -2.19. The van der Waals surface area contributed by atoms with Crippen LogP contribution in [0.2, 0.25) is 0 Å². The van der Waals surface area contributed by atoms with E-state index in [0.29, 0.717) is 11.3 Å². The highest BCUT2D eigenvalue weighted by Crippen LogP contribution is 2.42. The molecule has 0 saturated heterocycles. The quantitative estimate of drug-likeness (QED) is 0.363. The van der Waals surface area contributed by atoms with Crippen molar-refractivity contribution in [2.24, 2.45) is 0 Å². The molecule has 4 aromatic rings. The number of sulfone groups is 1. The van der Waals surface area contributed by atoms with E-state index >= 15 is 0 Å². The minimum absolute atomic E-state index is 0.363. The van der Waals surface area contributed by atoms with E-state index in [4.69, 9.17) is 4.74 Å². The standard InChI is InChI=1S/C26H27NO3S/c1-4-7-24(31(28,29)21-16-10-18(2)11-17-21)25-22-8-5-6-9-23(22)27-26(25)19-12-14-20(30-3)15-13-19/h5-6,8-17,24,27H,4,7H2,1-3H3. The second-order valence-corrected chi connectivity index (χ2v) is 9.95. The van der Waals surface area contributed by atoms with Crippen LogP contribution in [0, 0.1) is 6.92 Å². The zero-order chi connectivity index (χ0) is 22.0. The first-order valence-corrected chi connectivity index (χ1v) is 12.1. The molecule has 1 atom stereocenters. The molecule has 0 fully saturated rings. The van der Waals surface area contributed by atoms with E-state index in [-0.39, 0.29) is 0 Å². The van der Waals surface area contributed by atoms with Crippen molar-refractivity contribution in [2.45, 2.75) is 36.8 Å². The SMILES string of the molecule is CCCC(c1c(-c2ccc(OC)cc2)[nH]c2ccccc12)S(=O)(=O)c1ccc(C)cc1. The zero-order valence-corrected chi connectivity index (χ0v) is 18.9. The van der Waals surface area contributed by atoms with Crippen molar-refractivity contribution in [1.29, 1.82) is 0 Å². The van der Waals surface area contributed by atoms with Gasteiger partial charge in [0.15, 0.2) is 9.84 Å². The van der Waals surface area contributed by atoms with E-state index in [1.54, 1.807) is 19.2 Å². The summed E-state index contributed by atoms with van der Waals surface area (Å²) in [5, 5.41) is 0.302. The number of fused-ring (bicyclic) bond motifs is 1. The van der Waals surface area contributed by atoms with Gasteiger partial charge in [-0.1, -0.05) is 49.2 Å². The first-order valence-electron chi connectivity index (χ1n) is 10.5. The number of aryl methyl sites for hydroxylation is 1. The number of aromatic nitrogens is 1. The predicted octanol–water partition coefficient (Wildman–Crippen LogP) is 6.47.